The zero-order valence-corrected chi connectivity index (χ0v) is 14.3. The van der Waals surface area contributed by atoms with Crippen molar-refractivity contribution in [3.63, 3.8) is 0 Å². The molecule has 0 unspecified atom stereocenters. The molecular formula is C19H24N4O. The smallest absolute Gasteiger partial charge is 0.221 e. The summed E-state index contributed by atoms with van der Waals surface area (Å²) in [6.07, 6.45) is 9.53. The van der Waals surface area contributed by atoms with Gasteiger partial charge in [0.15, 0.2) is 0 Å². The van der Waals surface area contributed by atoms with E-state index in [1.54, 1.807) is 6.33 Å². The molecule has 0 N–H and O–H groups in total. The number of ether oxygens (including phenoxy) is 1. The van der Waals surface area contributed by atoms with Crippen LogP contribution in [0.25, 0.3) is 0 Å². The van der Waals surface area contributed by atoms with Gasteiger partial charge >= 0.3 is 0 Å². The van der Waals surface area contributed by atoms with Gasteiger partial charge in [0, 0.05) is 37.8 Å². The van der Waals surface area contributed by atoms with E-state index in [4.69, 9.17) is 9.72 Å². The summed E-state index contributed by atoms with van der Waals surface area (Å²) in [5.41, 5.74) is 6.53. The number of fused-ring (bicyclic) bond motifs is 2. The van der Waals surface area contributed by atoms with Crippen molar-refractivity contribution in [1.29, 1.82) is 0 Å². The predicted molar refractivity (Wildman–Crippen MR) is 91.9 cm³/mol. The summed E-state index contributed by atoms with van der Waals surface area (Å²) in [4.78, 5) is 15.9. The summed E-state index contributed by atoms with van der Waals surface area (Å²) in [6.45, 7) is 5.40. The lowest BCUT2D eigenvalue weighted by Gasteiger charge is -2.29. The van der Waals surface area contributed by atoms with E-state index in [0.717, 1.165) is 43.2 Å². The second-order valence-corrected chi connectivity index (χ2v) is 6.60. The molecule has 0 spiro atoms. The lowest BCUT2D eigenvalue weighted by molar-refractivity contribution is 0.228. The van der Waals surface area contributed by atoms with Crippen LogP contribution in [-0.2, 0) is 32.4 Å². The van der Waals surface area contributed by atoms with E-state index in [1.807, 2.05) is 13.1 Å². The third kappa shape index (κ3) is 3.00. The van der Waals surface area contributed by atoms with Gasteiger partial charge in [0.25, 0.3) is 0 Å². The maximum atomic E-state index is 5.70. The molecule has 2 aromatic heterocycles. The van der Waals surface area contributed by atoms with E-state index >= 15 is 0 Å². The molecule has 5 heteroatoms. The summed E-state index contributed by atoms with van der Waals surface area (Å²) in [7, 11) is 0. The van der Waals surface area contributed by atoms with Crippen LogP contribution in [0.3, 0.4) is 0 Å². The quantitative estimate of drug-likeness (QED) is 0.865. The molecule has 0 fully saturated rings. The van der Waals surface area contributed by atoms with E-state index in [9.17, 15) is 0 Å². The molecule has 1 aliphatic heterocycles. The Morgan fingerprint density at radius 3 is 2.92 bits per heavy atom. The van der Waals surface area contributed by atoms with Crippen molar-refractivity contribution in [2.75, 3.05) is 13.2 Å². The Morgan fingerprint density at radius 2 is 2.00 bits per heavy atom. The van der Waals surface area contributed by atoms with Crippen molar-refractivity contribution in [1.82, 2.24) is 19.9 Å². The number of nitrogens with zero attached hydrogens (tertiary/aromatic N) is 4. The first kappa shape index (κ1) is 15.5. The van der Waals surface area contributed by atoms with Gasteiger partial charge in [0.2, 0.25) is 5.88 Å². The average molecular weight is 324 g/mol. The standard InChI is InChI=1S/C19H24N4O/c1-2-24-19-16-11-23(10-8-17(16)21-13-22-19)12-18-15-6-4-3-5-14(15)7-9-20-18/h7,9,13H,2-6,8,10-12H2,1H3. The highest BCUT2D eigenvalue weighted by Crippen LogP contribution is 2.28. The summed E-state index contributed by atoms with van der Waals surface area (Å²) in [5, 5.41) is 0. The molecule has 1 aliphatic carbocycles. The first-order valence-electron chi connectivity index (χ1n) is 8.98. The van der Waals surface area contributed by atoms with Crippen LogP contribution >= 0.6 is 0 Å². The summed E-state index contributed by atoms with van der Waals surface area (Å²) < 4.78 is 5.70. The Labute approximate surface area is 143 Å². The van der Waals surface area contributed by atoms with Crippen molar-refractivity contribution in [3.05, 3.63) is 46.7 Å². The number of aromatic nitrogens is 3. The molecule has 126 valence electrons. The largest absolute Gasteiger partial charge is 0.478 e. The summed E-state index contributed by atoms with van der Waals surface area (Å²) >= 11 is 0. The fourth-order valence-corrected chi connectivity index (χ4v) is 3.85. The summed E-state index contributed by atoms with van der Waals surface area (Å²) in [5.74, 6) is 0.746. The maximum absolute atomic E-state index is 5.70. The maximum Gasteiger partial charge on any atom is 0.221 e. The highest BCUT2D eigenvalue weighted by molar-refractivity contribution is 5.34. The van der Waals surface area contributed by atoms with Gasteiger partial charge in [-0.15, -0.1) is 0 Å². The van der Waals surface area contributed by atoms with Crippen molar-refractivity contribution in [2.45, 2.75) is 52.1 Å². The first-order chi connectivity index (χ1) is 11.8. The van der Waals surface area contributed by atoms with Crippen molar-refractivity contribution < 1.29 is 4.74 Å². The van der Waals surface area contributed by atoms with Crippen molar-refractivity contribution >= 4 is 0 Å². The van der Waals surface area contributed by atoms with Gasteiger partial charge in [0.1, 0.15) is 6.33 Å². The molecule has 24 heavy (non-hydrogen) atoms. The molecule has 0 atom stereocenters. The molecular weight excluding hydrogens is 300 g/mol. The monoisotopic (exact) mass is 324 g/mol. The first-order valence-corrected chi connectivity index (χ1v) is 8.98. The van der Waals surface area contributed by atoms with Crippen LogP contribution in [-0.4, -0.2) is 33.0 Å². The third-order valence-corrected chi connectivity index (χ3v) is 5.06. The average Bonchev–Trinajstić information content (AvgIpc) is 2.63. The minimum Gasteiger partial charge on any atom is -0.478 e. The number of pyridine rings is 1. The Hall–Kier alpha value is -2.01. The van der Waals surface area contributed by atoms with E-state index in [-0.39, 0.29) is 0 Å². The van der Waals surface area contributed by atoms with Crippen LogP contribution in [0, 0.1) is 0 Å². The van der Waals surface area contributed by atoms with Gasteiger partial charge in [-0.2, -0.15) is 0 Å². The van der Waals surface area contributed by atoms with Crippen LogP contribution < -0.4 is 4.74 Å². The molecule has 3 heterocycles. The molecule has 0 aromatic carbocycles. The molecule has 0 bridgehead atoms. The van der Waals surface area contributed by atoms with Crippen LogP contribution in [0.2, 0.25) is 0 Å². The van der Waals surface area contributed by atoms with Crippen molar-refractivity contribution in [3.8, 4) is 5.88 Å². The highest BCUT2D eigenvalue weighted by Gasteiger charge is 2.23. The molecule has 0 saturated heterocycles. The van der Waals surface area contributed by atoms with Crippen LogP contribution in [0.1, 0.15) is 47.8 Å². The van der Waals surface area contributed by atoms with Crippen LogP contribution in [0.15, 0.2) is 18.6 Å². The Balaban J connectivity index is 1.56. The second-order valence-electron chi connectivity index (χ2n) is 6.60. The zero-order chi connectivity index (χ0) is 16.4. The SMILES string of the molecule is CCOc1ncnc2c1CN(Cc1nccc3c1CCCC3)CC2. The zero-order valence-electron chi connectivity index (χ0n) is 14.3. The van der Waals surface area contributed by atoms with Crippen LogP contribution in [0.5, 0.6) is 5.88 Å². The number of hydrogen-bond acceptors (Lipinski definition) is 5. The molecule has 2 aliphatic rings. The van der Waals surface area contributed by atoms with Gasteiger partial charge in [0.05, 0.1) is 18.0 Å². The van der Waals surface area contributed by atoms with Gasteiger partial charge in [-0.3, -0.25) is 9.88 Å². The number of aryl methyl sites for hydroxylation is 1. The van der Waals surface area contributed by atoms with E-state index in [1.165, 1.54) is 42.5 Å². The molecule has 0 radical (unpaired) electrons. The molecule has 5 nitrogen and oxygen atoms in total. The number of rotatable bonds is 4. The van der Waals surface area contributed by atoms with Gasteiger partial charge in [-0.05, 0) is 49.8 Å². The lowest BCUT2D eigenvalue weighted by atomic mass is 9.91. The minimum absolute atomic E-state index is 0.636. The van der Waals surface area contributed by atoms with E-state index < -0.39 is 0 Å². The van der Waals surface area contributed by atoms with E-state index in [2.05, 4.69) is 20.9 Å². The van der Waals surface area contributed by atoms with Gasteiger partial charge in [-0.1, -0.05) is 0 Å². The molecule has 0 amide bonds. The van der Waals surface area contributed by atoms with Gasteiger partial charge < -0.3 is 4.74 Å². The molecule has 4 rings (SSSR count). The van der Waals surface area contributed by atoms with E-state index in [0.29, 0.717) is 6.61 Å². The third-order valence-electron chi connectivity index (χ3n) is 5.06. The highest BCUT2D eigenvalue weighted by atomic mass is 16.5. The Kier molecular flexibility index (Phi) is 4.43. The second kappa shape index (κ2) is 6.85. The van der Waals surface area contributed by atoms with Crippen molar-refractivity contribution in [2.24, 2.45) is 0 Å². The van der Waals surface area contributed by atoms with Gasteiger partial charge in [-0.25, -0.2) is 9.97 Å². The molecule has 2 aromatic rings. The summed E-state index contributed by atoms with van der Waals surface area (Å²) in [6, 6.07) is 2.20. The van der Waals surface area contributed by atoms with Crippen LogP contribution in [0.4, 0.5) is 0 Å². The fraction of sp³-hybridized carbons (Fsp3) is 0.526. The topological polar surface area (TPSA) is 51.1 Å². The minimum atomic E-state index is 0.636. The lowest BCUT2D eigenvalue weighted by Crippen LogP contribution is -2.32. The predicted octanol–water partition coefficient (Wildman–Crippen LogP) is 2.71. The Morgan fingerprint density at radius 1 is 1.08 bits per heavy atom. The fourth-order valence-electron chi connectivity index (χ4n) is 3.85. The Bertz CT molecular complexity index is 731. The number of hydrogen-bond donors (Lipinski definition) is 0. The normalized spacial score (nSPS) is 17.2. The molecule has 0 saturated carbocycles.